The highest BCUT2D eigenvalue weighted by atomic mass is 32.1. The molecule has 0 saturated carbocycles. The molecule has 1 fully saturated rings. The van der Waals surface area contributed by atoms with Crippen molar-refractivity contribution in [3.63, 3.8) is 0 Å². The van der Waals surface area contributed by atoms with E-state index in [0.717, 1.165) is 39.1 Å². The average Bonchev–Trinajstić information content (AvgIpc) is 2.88. The van der Waals surface area contributed by atoms with E-state index >= 15 is 0 Å². The number of likely N-dealkylation sites (N-methyl/N-ethyl adjacent to an activating group) is 1. The fraction of sp³-hybridized carbons (Fsp3) is 0.812. The summed E-state index contributed by atoms with van der Waals surface area (Å²) in [7, 11) is 0. The molecule has 1 unspecified atom stereocenters. The van der Waals surface area contributed by atoms with Gasteiger partial charge in [0.05, 0.1) is 5.69 Å². The van der Waals surface area contributed by atoms with Gasteiger partial charge in [-0.15, -0.1) is 11.3 Å². The Morgan fingerprint density at radius 3 is 2.67 bits per heavy atom. The first-order valence-corrected chi connectivity index (χ1v) is 9.07. The van der Waals surface area contributed by atoms with Gasteiger partial charge in [0.1, 0.15) is 0 Å². The first-order chi connectivity index (χ1) is 10.0. The van der Waals surface area contributed by atoms with Gasteiger partial charge in [-0.1, -0.05) is 27.7 Å². The monoisotopic (exact) mass is 310 g/mol. The highest BCUT2D eigenvalue weighted by Crippen LogP contribution is 2.28. The predicted molar refractivity (Wildman–Crippen MR) is 92.4 cm³/mol. The van der Waals surface area contributed by atoms with Crippen LogP contribution in [0, 0.1) is 0 Å². The number of aromatic nitrogens is 1. The van der Waals surface area contributed by atoms with Gasteiger partial charge in [-0.2, -0.15) is 0 Å². The lowest BCUT2D eigenvalue weighted by Gasteiger charge is -2.39. The molecule has 0 aromatic carbocycles. The van der Waals surface area contributed by atoms with Crippen LogP contribution in [0.2, 0.25) is 0 Å². The van der Waals surface area contributed by atoms with E-state index in [9.17, 15) is 0 Å². The van der Waals surface area contributed by atoms with Crippen molar-refractivity contribution in [2.24, 2.45) is 0 Å². The average molecular weight is 311 g/mol. The summed E-state index contributed by atoms with van der Waals surface area (Å²) < 4.78 is 0. The smallest absolute Gasteiger partial charge is 0.185 e. The Labute approximate surface area is 133 Å². The topological polar surface area (TPSA) is 31.4 Å². The summed E-state index contributed by atoms with van der Waals surface area (Å²) in [6, 6.07) is 1.14. The Balaban J connectivity index is 2.06. The van der Waals surface area contributed by atoms with Crippen LogP contribution in [0.25, 0.3) is 0 Å². The molecule has 2 rings (SSSR count). The summed E-state index contributed by atoms with van der Waals surface area (Å²) in [5.41, 5.74) is 1.27. The van der Waals surface area contributed by atoms with Crippen molar-refractivity contribution >= 4 is 16.5 Å². The lowest BCUT2D eigenvalue weighted by Crippen LogP contribution is -2.51. The maximum atomic E-state index is 4.90. The lowest BCUT2D eigenvalue weighted by molar-refractivity contribution is 0.199. The van der Waals surface area contributed by atoms with Crippen LogP contribution >= 0.6 is 11.3 Å². The first-order valence-electron chi connectivity index (χ1n) is 8.26. The van der Waals surface area contributed by atoms with Crippen molar-refractivity contribution in [1.29, 1.82) is 0 Å². The quantitative estimate of drug-likeness (QED) is 0.875. The SMILES string of the molecule is CCc1nc(N2CCN(CC)C(C)C2)sc1CNC(C)C. The Hall–Kier alpha value is -0.650. The molecule has 2 heterocycles. The van der Waals surface area contributed by atoms with Crippen molar-refractivity contribution in [2.45, 2.75) is 59.7 Å². The second-order valence-electron chi connectivity index (χ2n) is 6.18. The molecule has 21 heavy (non-hydrogen) atoms. The number of nitrogens with one attached hydrogen (secondary N) is 1. The summed E-state index contributed by atoms with van der Waals surface area (Å²) in [6.07, 6.45) is 1.02. The van der Waals surface area contributed by atoms with Gasteiger partial charge < -0.3 is 10.2 Å². The number of aryl methyl sites for hydroxylation is 1. The third kappa shape index (κ3) is 4.18. The van der Waals surface area contributed by atoms with Crippen molar-refractivity contribution in [1.82, 2.24) is 15.2 Å². The number of thiazole rings is 1. The minimum Gasteiger partial charge on any atom is -0.345 e. The van der Waals surface area contributed by atoms with Gasteiger partial charge in [0.15, 0.2) is 5.13 Å². The molecule has 4 nitrogen and oxygen atoms in total. The van der Waals surface area contributed by atoms with Crippen molar-refractivity contribution in [3.8, 4) is 0 Å². The van der Waals surface area contributed by atoms with Crippen LogP contribution in [-0.4, -0.2) is 48.1 Å². The van der Waals surface area contributed by atoms with Gasteiger partial charge >= 0.3 is 0 Å². The number of anilines is 1. The molecule has 1 N–H and O–H groups in total. The van der Waals surface area contributed by atoms with E-state index in [1.807, 2.05) is 11.3 Å². The second-order valence-corrected chi connectivity index (χ2v) is 7.24. The van der Waals surface area contributed by atoms with Crippen molar-refractivity contribution in [2.75, 3.05) is 31.1 Å². The van der Waals surface area contributed by atoms with Crippen LogP contribution in [0.5, 0.6) is 0 Å². The number of hydrogen-bond acceptors (Lipinski definition) is 5. The fourth-order valence-electron chi connectivity index (χ4n) is 2.85. The van der Waals surface area contributed by atoms with E-state index in [-0.39, 0.29) is 0 Å². The number of piperazine rings is 1. The molecule has 5 heteroatoms. The van der Waals surface area contributed by atoms with Crippen LogP contribution in [0.4, 0.5) is 5.13 Å². The Bertz CT molecular complexity index is 443. The Morgan fingerprint density at radius 2 is 2.10 bits per heavy atom. The summed E-state index contributed by atoms with van der Waals surface area (Å²) >= 11 is 1.88. The molecular weight excluding hydrogens is 280 g/mol. The summed E-state index contributed by atoms with van der Waals surface area (Å²) in [5.74, 6) is 0. The largest absolute Gasteiger partial charge is 0.345 e. The molecule has 0 aliphatic carbocycles. The molecule has 0 bridgehead atoms. The van der Waals surface area contributed by atoms with Gasteiger partial charge in [-0.25, -0.2) is 4.98 Å². The molecule has 1 aromatic heterocycles. The molecule has 1 aliphatic heterocycles. The van der Waals surface area contributed by atoms with Crippen molar-refractivity contribution in [3.05, 3.63) is 10.6 Å². The van der Waals surface area contributed by atoms with Crippen molar-refractivity contribution < 1.29 is 0 Å². The molecule has 0 amide bonds. The first kappa shape index (κ1) is 16.7. The molecular formula is C16H30N4S. The summed E-state index contributed by atoms with van der Waals surface area (Å²) in [4.78, 5) is 11.3. The minimum atomic E-state index is 0.522. The van der Waals surface area contributed by atoms with E-state index in [2.05, 4.69) is 49.7 Å². The molecule has 1 aromatic rings. The van der Waals surface area contributed by atoms with Gasteiger partial charge in [0, 0.05) is 43.1 Å². The summed E-state index contributed by atoms with van der Waals surface area (Å²) in [6.45, 7) is 16.6. The standard InChI is InChI=1S/C16H30N4S/c1-6-14-15(10-17-12(3)4)21-16(18-14)20-9-8-19(7-2)13(5)11-20/h12-13,17H,6-11H2,1-5H3. The normalized spacial score (nSPS) is 20.5. The van der Waals surface area contributed by atoms with Crippen LogP contribution in [0.1, 0.15) is 45.2 Å². The zero-order valence-corrected chi connectivity index (χ0v) is 15.0. The van der Waals surface area contributed by atoms with Crippen LogP contribution in [-0.2, 0) is 13.0 Å². The number of hydrogen-bond donors (Lipinski definition) is 1. The highest BCUT2D eigenvalue weighted by molar-refractivity contribution is 7.15. The zero-order valence-electron chi connectivity index (χ0n) is 14.1. The zero-order chi connectivity index (χ0) is 15.4. The molecule has 1 atom stereocenters. The molecule has 0 radical (unpaired) electrons. The van der Waals surface area contributed by atoms with Crippen LogP contribution in [0.3, 0.4) is 0 Å². The molecule has 0 spiro atoms. The molecule has 120 valence electrons. The number of nitrogens with zero attached hydrogens (tertiary/aromatic N) is 3. The van der Waals surface area contributed by atoms with Gasteiger partial charge in [-0.05, 0) is 19.9 Å². The number of rotatable bonds is 6. The van der Waals surface area contributed by atoms with E-state index < -0.39 is 0 Å². The highest BCUT2D eigenvalue weighted by Gasteiger charge is 2.25. The maximum Gasteiger partial charge on any atom is 0.185 e. The van der Waals surface area contributed by atoms with E-state index in [0.29, 0.717) is 12.1 Å². The van der Waals surface area contributed by atoms with E-state index in [1.165, 1.54) is 15.7 Å². The maximum absolute atomic E-state index is 4.90. The molecule has 1 aliphatic rings. The second kappa shape index (κ2) is 7.56. The lowest BCUT2D eigenvalue weighted by atomic mass is 10.2. The minimum absolute atomic E-state index is 0.522. The van der Waals surface area contributed by atoms with E-state index in [4.69, 9.17) is 4.98 Å². The van der Waals surface area contributed by atoms with E-state index in [1.54, 1.807) is 0 Å². The van der Waals surface area contributed by atoms with Crippen LogP contribution < -0.4 is 10.2 Å². The third-order valence-electron chi connectivity index (χ3n) is 4.21. The predicted octanol–water partition coefficient (Wildman–Crippen LogP) is 2.73. The molecule has 1 saturated heterocycles. The van der Waals surface area contributed by atoms with Gasteiger partial charge in [0.25, 0.3) is 0 Å². The van der Waals surface area contributed by atoms with Gasteiger partial charge in [-0.3, -0.25) is 4.90 Å². The third-order valence-corrected chi connectivity index (χ3v) is 5.37. The summed E-state index contributed by atoms with van der Waals surface area (Å²) in [5, 5.41) is 4.74. The Morgan fingerprint density at radius 1 is 1.33 bits per heavy atom. The van der Waals surface area contributed by atoms with Gasteiger partial charge in [0.2, 0.25) is 0 Å². The fourth-order valence-corrected chi connectivity index (χ4v) is 3.99. The Kier molecular flexibility index (Phi) is 6.02. The van der Waals surface area contributed by atoms with Crippen LogP contribution in [0.15, 0.2) is 0 Å².